The van der Waals surface area contributed by atoms with Crippen LogP contribution in [0, 0.1) is 0 Å². The lowest BCUT2D eigenvalue weighted by atomic mass is 10.0. The Morgan fingerprint density at radius 1 is 1.10 bits per heavy atom. The highest BCUT2D eigenvalue weighted by Crippen LogP contribution is 2.34. The second kappa shape index (κ2) is 8.96. The number of carbonyl (C=O) groups is 1. The summed E-state index contributed by atoms with van der Waals surface area (Å²) in [5, 5.41) is 0.560. The van der Waals surface area contributed by atoms with E-state index in [2.05, 4.69) is 4.98 Å². The van der Waals surface area contributed by atoms with Crippen LogP contribution in [0.15, 0.2) is 54.7 Å². The van der Waals surface area contributed by atoms with E-state index in [0.29, 0.717) is 10.9 Å². The first-order valence-electron chi connectivity index (χ1n) is 9.36. The number of aromatic nitrogens is 1. The Labute approximate surface area is 174 Å². The van der Waals surface area contributed by atoms with Gasteiger partial charge in [-0.2, -0.15) is 0 Å². The zero-order valence-electron chi connectivity index (χ0n) is 17.0. The zero-order valence-corrected chi connectivity index (χ0v) is 17.8. The summed E-state index contributed by atoms with van der Waals surface area (Å²) in [6, 6.07) is 14.9. The molecule has 1 heterocycles. The molecule has 0 bridgehead atoms. The molecule has 1 aromatic heterocycles. The Kier molecular flexibility index (Phi) is 6.39. The van der Waals surface area contributed by atoms with E-state index in [9.17, 15) is 4.79 Å². The predicted molar refractivity (Wildman–Crippen MR) is 116 cm³/mol. The molecular weight excluding hydrogens is 386 g/mol. The molecule has 0 saturated carbocycles. The normalized spacial score (nSPS) is 11.9. The predicted octanol–water partition coefficient (Wildman–Crippen LogP) is 5.46. The van der Waals surface area contributed by atoms with Gasteiger partial charge < -0.3 is 20.1 Å². The molecule has 0 radical (unpaired) electrons. The maximum absolute atomic E-state index is 11.4. The molecule has 0 aliphatic carbocycles. The lowest BCUT2D eigenvalue weighted by Gasteiger charge is -2.23. The Morgan fingerprint density at radius 3 is 2.45 bits per heavy atom. The monoisotopic (exact) mass is 411 g/mol. The molecule has 6 nitrogen and oxygen atoms in total. The van der Waals surface area contributed by atoms with E-state index in [1.54, 1.807) is 13.2 Å². The molecule has 2 amide bonds. The number of carbonyl (C=O) groups excluding carboxylic acids is 1. The topological polar surface area (TPSA) is 77.7 Å². The number of ether oxygens (including phenoxy) is 2. The molecule has 0 saturated heterocycles. The fraction of sp³-hybridized carbons (Fsp3) is 0.273. The zero-order chi connectivity index (χ0) is 21.0. The van der Waals surface area contributed by atoms with Crippen molar-refractivity contribution in [2.24, 2.45) is 5.73 Å². The van der Waals surface area contributed by atoms with Crippen LogP contribution in [0.3, 0.4) is 0 Å². The van der Waals surface area contributed by atoms with Gasteiger partial charge in [-0.25, -0.2) is 9.78 Å². The fourth-order valence-electron chi connectivity index (χ4n) is 2.76. The van der Waals surface area contributed by atoms with Gasteiger partial charge in [-0.05, 0) is 62.2 Å². The summed E-state index contributed by atoms with van der Waals surface area (Å²) >= 11 is 1.46. The van der Waals surface area contributed by atoms with E-state index in [1.165, 1.54) is 16.2 Å². The van der Waals surface area contributed by atoms with E-state index in [1.807, 2.05) is 69.3 Å². The van der Waals surface area contributed by atoms with Gasteiger partial charge in [0.15, 0.2) is 0 Å². The number of nitrogens with two attached hydrogens (primary N) is 1. The molecule has 29 heavy (non-hydrogen) atoms. The number of primary amides is 1. The van der Waals surface area contributed by atoms with Gasteiger partial charge in [-0.15, -0.1) is 0 Å². The molecule has 0 aliphatic heterocycles. The van der Waals surface area contributed by atoms with E-state index >= 15 is 0 Å². The van der Waals surface area contributed by atoms with Gasteiger partial charge in [0.1, 0.15) is 11.5 Å². The first-order valence-corrected chi connectivity index (χ1v) is 10.2. The van der Waals surface area contributed by atoms with Crippen LogP contribution in [0.5, 0.6) is 16.7 Å². The van der Waals surface area contributed by atoms with E-state index in [0.717, 1.165) is 21.8 Å². The number of benzene rings is 2. The highest BCUT2D eigenvalue weighted by atomic mass is 32.1. The molecule has 0 aliphatic rings. The van der Waals surface area contributed by atoms with Crippen molar-refractivity contribution >= 4 is 17.4 Å². The van der Waals surface area contributed by atoms with E-state index < -0.39 is 6.03 Å². The van der Waals surface area contributed by atoms with Crippen LogP contribution >= 0.6 is 11.3 Å². The summed E-state index contributed by atoms with van der Waals surface area (Å²) in [5.41, 5.74) is 7.40. The number of urea groups is 1. The largest absolute Gasteiger partial charge is 0.491 e. The van der Waals surface area contributed by atoms with Gasteiger partial charge in [0.05, 0.1) is 17.0 Å². The minimum absolute atomic E-state index is 0.123. The van der Waals surface area contributed by atoms with Crippen LogP contribution in [-0.2, 0) is 0 Å². The summed E-state index contributed by atoms with van der Waals surface area (Å²) < 4.78 is 11.5. The highest BCUT2D eigenvalue weighted by Gasteiger charge is 2.16. The van der Waals surface area contributed by atoms with Crippen molar-refractivity contribution in [3.63, 3.8) is 0 Å². The molecule has 152 valence electrons. The van der Waals surface area contributed by atoms with Crippen molar-refractivity contribution in [1.82, 2.24) is 9.88 Å². The number of hydrogen-bond donors (Lipinski definition) is 1. The van der Waals surface area contributed by atoms with Crippen molar-refractivity contribution in [3.05, 3.63) is 60.3 Å². The van der Waals surface area contributed by atoms with Crippen LogP contribution in [0.4, 0.5) is 4.79 Å². The maximum atomic E-state index is 11.4. The lowest BCUT2D eigenvalue weighted by molar-refractivity contribution is 0.204. The van der Waals surface area contributed by atoms with Gasteiger partial charge in [0.2, 0.25) is 0 Å². The number of hydrogen-bond acceptors (Lipinski definition) is 5. The van der Waals surface area contributed by atoms with Crippen LogP contribution < -0.4 is 15.2 Å². The van der Waals surface area contributed by atoms with E-state index in [4.69, 9.17) is 15.2 Å². The molecule has 0 fully saturated rings. The molecule has 0 spiro atoms. The third-order valence-corrected chi connectivity index (χ3v) is 5.39. The summed E-state index contributed by atoms with van der Waals surface area (Å²) in [7, 11) is 1.69. The fourth-order valence-corrected chi connectivity index (χ4v) is 3.55. The summed E-state index contributed by atoms with van der Waals surface area (Å²) in [6.45, 7) is 5.92. The summed E-state index contributed by atoms with van der Waals surface area (Å²) in [5.74, 6) is 1.51. The lowest BCUT2D eigenvalue weighted by Crippen LogP contribution is -2.34. The quantitative estimate of drug-likeness (QED) is 0.560. The van der Waals surface area contributed by atoms with Crippen molar-refractivity contribution in [1.29, 1.82) is 0 Å². The first-order chi connectivity index (χ1) is 13.8. The third-order valence-electron chi connectivity index (χ3n) is 4.47. The van der Waals surface area contributed by atoms with Crippen molar-refractivity contribution in [3.8, 4) is 27.1 Å². The highest BCUT2D eigenvalue weighted by molar-refractivity contribution is 7.16. The van der Waals surface area contributed by atoms with E-state index in [-0.39, 0.29) is 12.1 Å². The average molecular weight is 412 g/mol. The SMILES string of the molecule is CC(C)Oc1ccc(Oc2ncc(-c3cccc(C(C)N(C)C(N)=O)c3)s2)cc1. The molecule has 1 atom stereocenters. The number of nitrogens with zero attached hydrogens (tertiary/aromatic N) is 2. The van der Waals surface area contributed by atoms with Gasteiger partial charge in [0, 0.05) is 13.2 Å². The molecular formula is C22H25N3O3S. The molecule has 3 aromatic rings. The second-order valence-electron chi connectivity index (χ2n) is 6.98. The Balaban J connectivity index is 1.73. The molecule has 2 aromatic carbocycles. The molecule has 7 heteroatoms. The maximum Gasteiger partial charge on any atom is 0.315 e. The van der Waals surface area contributed by atoms with Gasteiger partial charge in [-0.3, -0.25) is 0 Å². The van der Waals surface area contributed by atoms with Crippen LogP contribution in [0.1, 0.15) is 32.4 Å². The number of amides is 2. The van der Waals surface area contributed by atoms with Crippen molar-refractivity contribution in [2.75, 3.05) is 7.05 Å². The van der Waals surface area contributed by atoms with Gasteiger partial charge in [0.25, 0.3) is 5.19 Å². The van der Waals surface area contributed by atoms with Crippen molar-refractivity contribution < 1.29 is 14.3 Å². The van der Waals surface area contributed by atoms with Crippen LogP contribution in [-0.4, -0.2) is 29.1 Å². The number of thiazole rings is 1. The van der Waals surface area contributed by atoms with Gasteiger partial charge in [-0.1, -0.05) is 29.5 Å². The standard InChI is InChI=1S/C22H25N3O3S/c1-14(2)27-18-8-10-19(11-9-18)28-22-24-13-20(29-22)17-7-5-6-16(12-17)15(3)25(4)21(23)26/h5-15H,1-4H3,(H2,23,26). The average Bonchev–Trinajstić information content (AvgIpc) is 3.16. The second-order valence-corrected chi connectivity index (χ2v) is 7.97. The Bertz CT molecular complexity index is 969. The Morgan fingerprint density at radius 2 is 1.79 bits per heavy atom. The minimum atomic E-state index is -0.457. The Hall–Kier alpha value is -3.06. The summed E-state index contributed by atoms with van der Waals surface area (Å²) in [4.78, 5) is 18.3. The molecule has 1 unspecified atom stereocenters. The van der Waals surface area contributed by atoms with Crippen LogP contribution in [0.25, 0.3) is 10.4 Å². The van der Waals surface area contributed by atoms with Crippen molar-refractivity contribution in [2.45, 2.75) is 32.9 Å². The third kappa shape index (κ3) is 5.26. The van der Waals surface area contributed by atoms with Crippen LogP contribution in [0.2, 0.25) is 0 Å². The summed E-state index contributed by atoms with van der Waals surface area (Å²) in [6.07, 6.45) is 1.92. The van der Waals surface area contributed by atoms with Gasteiger partial charge >= 0.3 is 6.03 Å². The molecule has 2 N–H and O–H groups in total. The number of rotatable bonds is 7. The molecule has 3 rings (SSSR count). The minimum Gasteiger partial charge on any atom is -0.491 e. The smallest absolute Gasteiger partial charge is 0.315 e. The first kappa shape index (κ1) is 20.7.